The van der Waals surface area contributed by atoms with Crippen LogP contribution in [0.3, 0.4) is 0 Å². The van der Waals surface area contributed by atoms with Crippen LogP contribution in [-0.4, -0.2) is 0 Å². The first-order valence-corrected chi connectivity index (χ1v) is 18.7. The summed E-state index contributed by atoms with van der Waals surface area (Å²) in [6.07, 6.45) is 0. The smallest absolute Gasteiger partial charge is 0.0451 e. The average molecular weight is 655 g/mol. The molecule has 2 unspecified atom stereocenters. The van der Waals surface area contributed by atoms with Crippen molar-refractivity contribution < 1.29 is 0 Å². The van der Waals surface area contributed by atoms with Gasteiger partial charge in [-0.2, -0.15) is 0 Å². The lowest BCUT2D eigenvalue weighted by Gasteiger charge is -2.19. The molecule has 2 aliphatic carbocycles. The molecule has 0 spiro atoms. The van der Waals surface area contributed by atoms with Crippen molar-refractivity contribution in [1.29, 1.82) is 0 Å². The van der Waals surface area contributed by atoms with E-state index in [-0.39, 0.29) is 11.8 Å². The summed E-state index contributed by atoms with van der Waals surface area (Å²) in [5.41, 5.74) is 25.0. The van der Waals surface area contributed by atoms with E-state index in [0.29, 0.717) is 0 Å². The van der Waals surface area contributed by atoms with E-state index in [0.717, 1.165) is 0 Å². The van der Waals surface area contributed by atoms with Gasteiger partial charge in [0.05, 0.1) is 0 Å². The predicted molar refractivity (Wildman–Crippen MR) is 207 cm³/mol. The maximum atomic E-state index is 2.44. The highest BCUT2D eigenvalue weighted by molar-refractivity contribution is 7.11. The lowest BCUT2D eigenvalue weighted by Crippen LogP contribution is -2.04. The van der Waals surface area contributed by atoms with Crippen LogP contribution in [0, 0.1) is 41.5 Å². The topological polar surface area (TPSA) is 0 Å². The van der Waals surface area contributed by atoms with E-state index in [2.05, 4.69) is 149 Å². The van der Waals surface area contributed by atoms with Gasteiger partial charge in [-0.05, 0) is 119 Å². The Balaban J connectivity index is 1.24. The third kappa shape index (κ3) is 4.25. The van der Waals surface area contributed by atoms with Crippen molar-refractivity contribution >= 4 is 22.7 Å². The molecule has 0 saturated heterocycles. The standard InChI is InChI=1S/C46H38S2/c1-25-19-27(3)39(28(4)20-25)43-35-17-11-9-15-33(35)41-37(23-47-45(41)43)31-13-7-8-14-32(31)38-24-48-46-42(38)34-16-10-12-18-36(34)44(46)40-29(5)21-26(2)22-30(40)6/h7-24,43-44H,1-6H3. The Morgan fingerprint density at radius 3 is 1.10 bits per heavy atom. The monoisotopic (exact) mass is 654 g/mol. The van der Waals surface area contributed by atoms with Gasteiger partial charge in [0, 0.05) is 43.8 Å². The zero-order chi connectivity index (χ0) is 32.8. The van der Waals surface area contributed by atoms with E-state index >= 15 is 0 Å². The third-order valence-corrected chi connectivity index (χ3v) is 12.9. The third-order valence-electron chi connectivity index (χ3n) is 10.8. The van der Waals surface area contributed by atoms with Gasteiger partial charge < -0.3 is 0 Å². The van der Waals surface area contributed by atoms with Gasteiger partial charge in [0.1, 0.15) is 0 Å². The van der Waals surface area contributed by atoms with Crippen LogP contribution in [-0.2, 0) is 0 Å². The number of benzene rings is 5. The molecule has 0 amide bonds. The summed E-state index contributed by atoms with van der Waals surface area (Å²) in [5, 5.41) is 4.88. The number of aryl methyl sites for hydroxylation is 6. The van der Waals surface area contributed by atoms with E-state index in [1.807, 2.05) is 22.7 Å². The second-order valence-electron chi connectivity index (χ2n) is 14.0. The fourth-order valence-corrected chi connectivity index (χ4v) is 11.6. The highest BCUT2D eigenvalue weighted by Gasteiger charge is 2.38. The molecule has 0 nitrogen and oxygen atoms in total. The molecule has 0 saturated carbocycles. The largest absolute Gasteiger partial charge is 0.147 e. The Hall–Kier alpha value is -4.50. The maximum absolute atomic E-state index is 2.44. The molecule has 2 heteroatoms. The number of rotatable bonds is 4. The van der Waals surface area contributed by atoms with Gasteiger partial charge in [-0.25, -0.2) is 0 Å². The lowest BCUT2D eigenvalue weighted by atomic mass is 9.86. The molecular formula is C46H38S2. The van der Waals surface area contributed by atoms with Crippen LogP contribution in [0.15, 0.2) is 108 Å². The van der Waals surface area contributed by atoms with Crippen molar-refractivity contribution in [2.24, 2.45) is 0 Å². The minimum Gasteiger partial charge on any atom is -0.147 e. The van der Waals surface area contributed by atoms with E-state index in [4.69, 9.17) is 0 Å². The molecule has 7 aromatic rings. The number of thiophene rings is 2. The molecule has 0 aliphatic heterocycles. The van der Waals surface area contributed by atoms with Crippen LogP contribution >= 0.6 is 22.7 Å². The summed E-state index contributed by atoms with van der Waals surface area (Å²) in [6, 6.07) is 36.8. The Morgan fingerprint density at radius 1 is 0.396 bits per heavy atom. The average Bonchev–Trinajstić information content (AvgIpc) is 3.82. The van der Waals surface area contributed by atoms with E-state index in [1.165, 1.54) is 110 Å². The van der Waals surface area contributed by atoms with Crippen molar-refractivity contribution in [2.75, 3.05) is 0 Å². The van der Waals surface area contributed by atoms with Gasteiger partial charge in [0.25, 0.3) is 0 Å². The Bertz CT molecular complexity index is 2210. The first-order chi connectivity index (χ1) is 23.3. The highest BCUT2D eigenvalue weighted by atomic mass is 32.1. The van der Waals surface area contributed by atoms with E-state index < -0.39 is 0 Å². The quantitative estimate of drug-likeness (QED) is 0.177. The Labute approximate surface area is 292 Å². The molecule has 9 rings (SSSR count). The minimum absolute atomic E-state index is 0.265. The van der Waals surface area contributed by atoms with Crippen molar-refractivity contribution in [3.8, 4) is 44.5 Å². The molecule has 5 aromatic carbocycles. The van der Waals surface area contributed by atoms with Crippen LogP contribution in [0.25, 0.3) is 44.5 Å². The molecule has 234 valence electrons. The lowest BCUT2D eigenvalue weighted by molar-refractivity contribution is 0.995. The molecule has 2 heterocycles. The molecule has 2 aliphatic rings. The van der Waals surface area contributed by atoms with Gasteiger partial charge in [0.15, 0.2) is 0 Å². The summed E-state index contributed by atoms with van der Waals surface area (Å²) in [7, 11) is 0. The predicted octanol–water partition coefficient (Wildman–Crippen LogP) is 13.3. The minimum atomic E-state index is 0.265. The molecule has 2 aromatic heterocycles. The fraction of sp³-hybridized carbons (Fsp3) is 0.174. The zero-order valence-electron chi connectivity index (χ0n) is 28.4. The summed E-state index contributed by atoms with van der Waals surface area (Å²) >= 11 is 3.88. The summed E-state index contributed by atoms with van der Waals surface area (Å²) in [5.74, 6) is 0.531. The second-order valence-corrected chi connectivity index (χ2v) is 15.8. The summed E-state index contributed by atoms with van der Waals surface area (Å²) in [6.45, 7) is 13.6. The Kier molecular flexibility index (Phi) is 6.80. The summed E-state index contributed by atoms with van der Waals surface area (Å²) in [4.78, 5) is 2.95. The van der Waals surface area contributed by atoms with Gasteiger partial charge in [-0.15, -0.1) is 22.7 Å². The van der Waals surface area contributed by atoms with E-state index in [1.54, 1.807) is 0 Å². The number of hydrogen-bond donors (Lipinski definition) is 0. The van der Waals surface area contributed by atoms with Crippen molar-refractivity contribution in [1.82, 2.24) is 0 Å². The molecule has 0 bridgehead atoms. The molecule has 2 atom stereocenters. The molecule has 48 heavy (non-hydrogen) atoms. The molecule has 0 fully saturated rings. The molecule has 0 radical (unpaired) electrons. The van der Waals surface area contributed by atoms with Crippen LogP contribution in [0.1, 0.15) is 77.2 Å². The van der Waals surface area contributed by atoms with Crippen LogP contribution in [0.2, 0.25) is 0 Å². The first kappa shape index (κ1) is 29.6. The second kappa shape index (κ2) is 11.0. The van der Waals surface area contributed by atoms with E-state index in [9.17, 15) is 0 Å². The van der Waals surface area contributed by atoms with Gasteiger partial charge in [0.2, 0.25) is 0 Å². The normalized spacial score (nSPS) is 15.7. The van der Waals surface area contributed by atoms with Crippen LogP contribution < -0.4 is 0 Å². The zero-order valence-corrected chi connectivity index (χ0v) is 30.0. The summed E-state index contributed by atoms with van der Waals surface area (Å²) < 4.78 is 0. The van der Waals surface area contributed by atoms with Crippen molar-refractivity contribution in [3.63, 3.8) is 0 Å². The van der Waals surface area contributed by atoms with Crippen molar-refractivity contribution in [3.05, 3.63) is 173 Å². The van der Waals surface area contributed by atoms with Crippen LogP contribution in [0.4, 0.5) is 0 Å². The highest BCUT2D eigenvalue weighted by Crippen LogP contribution is 2.59. The van der Waals surface area contributed by atoms with Gasteiger partial charge >= 0.3 is 0 Å². The first-order valence-electron chi connectivity index (χ1n) is 17.0. The SMILES string of the molecule is Cc1cc(C)c(C2c3ccccc3-c3c(-c4ccccc4-c4csc5c4-c4ccccc4C5c4c(C)cc(C)cc4C)csc32)c(C)c1. The van der Waals surface area contributed by atoms with Crippen LogP contribution in [0.5, 0.6) is 0 Å². The van der Waals surface area contributed by atoms with Gasteiger partial charge in [-0.3, -0.25) is 0 Å². The molecule has 0 N–H and O–H groups in total. The van der Waals surface area contributed by atoms with Crippen molar-refractivity contribution in [2.45, 2.75) is 53.4 Å². The Morgan fingerprint density at radius 2 is 0.729 bits per heavy atom. The number of fused-ring (bicyclic) bond motifs is 6. The van der Waals surface area contributed by atoms with Gasteiger partial charge in [-0.1, -0.05) is 108 Å². The number of hydrogen-bond acceptors (Lipinski definition) is 2. The molecular weight excluding hydrogens is 617 g/mol. The fourth-order valence-electron chi connectivity index (χ4n) is 9.18. The maximum Gasteiger partial charge on any atom is 0.0451 e.